The first-order chi connectivity index (χ1) is 7.34. The highest BCUT2D eigenvalue weighted by Crippen LogP contribution is 2.12. The largest absolute Gasteiger partial charge is 0.385 e. The predicted molar refractivity (Wildman–Crippen MR) is 65.4 cm³/mol. The lowest BCUT2D eigenvalue weighted by Gasteiger charge is -2.09. The van der Waals surface area contributed by atoms with Gasteiger partial charge in [0.15, 0.2) is 0 Å². The molecule has 2 nitrogen and oxygen atoms in total. The van der Waals surface area contributed by atoms with Crippen LogP contribution < -0.4 is 5.32 Å². The van der Waals surface area contributed by atoms with Crippen molar-refractivity contribution in [3.63, 3.8) is 0 Å². The van der Waals surface area contributed by atoms with E-state index in [1.807, 2.05) is 0 Å². The van der Waals surface area contributed by atoms with Crippen molar-refractivity contribution >= 4 is 5.69 Å². The number of nitrogens with one attached hydrogen (secondary N) is 1. The summed E-state index contributed by atoms with van der Waals surface area (Å²) < 4.78 is 5.41. The lowest BCUT2D eigenvalue weighted by molar-refractivity contribution is 0.134. The van der Waals surface area contributed by atoms with Gasteiger partial charge in [-0.3, -0.25) is 0 Å². The van der Waals surface area contributed by atoms with Gasteiger partial charge in [-0.15, -0.1) is 0 Å². The number of rotatable bonds is 7. The zero-order valence-electron chi connectivity index (χ0n) is 9.75. The third-order valence-corrected chi connectivity index (χ3v) is 2.27. The topological polar surface area (TPSA) is 21.3 Å². The van der Waals surface area contributed by atoms with E-state index in [0.717, 1.165) is 32.6 Å². The zero-order valence-corrected chi connectivity index (χ0v) is 9.75. The average molecular weight is 207 g/mol. The Bertz CT molecular complexity index is 273. The van der Waals surface area contributed by atoms with E-state index in [1.54, 1.807) is 0 Å². The van der Waals surface area contributed by atoms with Crippen LogP contribution in [0.1, 0.15) is 25.3 Å². The molecule has 0 unspecified atom stereocenters. The first-order valence-corrected chi connectivity index (χ1v) is 5.72. The molecule has 0 aromatic heterocycles. The minimum absolute atomic E-state index is 0.854. The molecule has 1 aromatic rings. The molecule has 0 aliphatic heterocycles. The van der Waals surface area contributed by atoms with Crippen molar-refractivity contribution in [2.75, 3.05) is 25.1 Å². The quantitative estimate of drug-likeness (QED) is 0.693. The van der Waals surface area contributed by atoms with Crippen molar-refractivity contribution in [3.05, 3.63) is 29.8 Å². The summed E-state index contributed by atoms with van der Waals surface area (Å²) in [6, 6.07) is 8.35. The Balaban J connectivity index is 2.12. The second kappa shape index (κ2) is 7.30. The molecule has 0 saturated heterocycles. The third-order valence-electron chi connectivity index (χ3n) is 2.27. The van der Waals surface area contributed by atoms with E-state index < -0.39 is 0 Å². The molecule has 84 valence electrons. The van der Waals surface area contributed by atoms with Gasteiger partial charge in [0.2, 0.25) is 0 Å². The van der Waals surface area contributed by atoms with Crippen LogP contribution in [0.15, 0.2) is 24.3 Å². The Morgan fingerprint density at radius 2 is 2.00 bits per heavy atom. The summed E-state index contributed by atoms with van der Waals surface area (Å²) in [7, 11) is 0. The van der Waals surface area contributed by atoms with Crippen LogP contribution in [0, 0.1) is 6.92 Å². The molecule has 0 spiro atoms. The molecule has 15 heavy (non-hydrogen) atoms. The fraction of sp³-hybridized carbons (Fsp3) is 0.538. The Labute approximate surface area is 92.6 Å². The normalized spacial score (nSPS) is 10.3. The molecular formula is C13H21NO. The number of aryl methyl sites for hydroxylation is 1. The maximum absolute atomic E-state index is 5.41. The second-order valence-electron chi connectivity index (χ2n) is 3.71. The Kier molecular flexibility index (Phi) is 5.86. The summed E-state index contributed by atoms with van der Waals surface area (Å²) in [5, 5.41) is 3.41. The third kappa shape index (κ3) is 4.84. The fourth-order valence-electron chi connectivity index (χ4n) is 1.41. The maximum Gasteiger partial charge on any atom is 0.0482 e. The van der Waals surface area contributed by atoms with E-state index in [0.29, 0.717) is 0 Å². The van der Waals surface area contributed by atoms with Crippen molar-refractivity contribution in [2.24, 2.45) is 0 Å². The Morgan fingerprint density at radius 3 is 2.73 bits per heavy atom. The van der Waals surface area contributed by atoms with Gasteiger partial charge < -0.3 is 10.1 Å². The number of hydrogen-bond acceptors (Lipinski definition) is 2. The lowest BCUT2D eigenvalue weighted by Crippen LogP contribution is -2.06. The highest BCUT2D eigenvalue weighted by Gasteiger charge is 1.94. The molecule has 0 aliphatic carbocycles. The van der Waals surface area contributed by atoms with Gasteiger partial charge in [0.25, 0.3) is 0 Å². The molecule has 1 aromatic carbocycles. The highest BCUT2D eigenvalue weighted by atomic mass is 16.5. The molecule has 0 atom stereocenters. The van der Waals surface area contributed by atoms with Gasteiger partial charge in [0.1, 0.15) is 0 Å². The average Bonchev–Trinajstić information content (AvgIpc) is 2.25. The van der Waals surface area contributed by atoms with Gasteiger partial charge in [0.05, 0.1) is 0 Å². The van der Waals surface area contributed by atoms with E-state index in [1.165, 1.54) is 11.3 Å². The van der Waals surface area contributed by atoms with Crippen LogP contribution in [0.2, 0.25) is 0 Å². The van der Waals surface area contributed by atoms with E-state index in [2.05, 4.69) is 43.4 Å². The molecule has 0 aliphatic rings. The minimum Gasteiger partial charge on any atom is -0.385 e. The molecule has 0 radical (unpaired) electrons. The van der Waals surface area contributed by atoms with Crippen molar-refractivity contribution < 1.29 is 4.74 Å². The van der Waals surface area contributed by atoms with Gasteiger partial charge in [-0.05, 0) is 31.4 Å². The number of benzene rings is 1. The van der Waals surface area contributed by atoms with E-state index in [-0.39, 0.29) is 0 Å². The summed E-state index contributed by atoms with van der Waals surface area (Å²) in [4.78, 5) is 0. The molecule has 0 fully saturated rings. The maximum atomic E-state index is 5.41. The number of anilines is 1. The molecule has 1 rings (SSSR count). The van der Waals surface area contributed by atoms with Crippen molar-refractivity contribution in [3.8, 4) is 0 Å². The van der Waals surface area contributed by atoms with Gasteiger partial charge in [-0.1, -0.05) is 25.1 Å². The van der Waals surface area contributed by atoms with Gasteiger partial charge in [0, 0.05) is 25.4 Å². The van der Waals surface area contributed by atoms with E-state index in [9.17, 15) is 0 Å². The smallest absolute Gasteiger partial charge is 0.0482 e. The van der Waals surface area contributed by atoms with Crippen LogP contribution in [-0.2, 0) is 4.74 Å². The van der Waals surface area contributed by atoms with Crippen LogP contribution >= 0.6 is 0 Å². The van der Waals surface area contributed by atoms with E-state index >= 15 is 0 Å². The van der Waals surface area contributed by atoms with Crippen LogP contribution in [0.25, 0.3) is 0 Å². The van der Waals surface area contributed by atoms with Crippen LogP contribution in [0.4, 0.5) is 5.69 Å². The first-order valence-electron chi connectivity index (χ1n) is 5.72. The Morgan fingerprint density at radius 1 is 1.20 bits per heavy atom. The summed E-state index contributed by atoms with van der Waals surface area (Å²) in [6.45, 7) is 6.97. The molecule has 0 heterocycles. The molecule has 0 bridgehead atoms. The van der Waals surface area contributed by atoms with Gasteiger partial charge in [-0.25, -0.2) is 0 Å². The van der Waals surface area contributed by atoms with Crippen LogP contribution in [-0.4, -0.2) is 19.8 Å². The van der Waals surface area contributed by atoms with Crippen LogP contribution in [0.5, 0.6) is 0 Å². The SMILES string of the molecule is CCCOCCCNc1ccccc1C. The summed E-state index contributed by atoms with van der Waals surface area (Å²) >= 11 is 0. The molecule has 0 saturated carbocycles. The number of para-hydroxylation sites is 1. The lowest BCUT2D eigenvalue weighted by atomic mass is 10.2. The standard InChI is InChI=1S/C13H21NO/c1-3-10-15-11-6-9-14-13-8-5-4-7-12(13)2/h4-5,7-8,14H,3,6,9-11H2,1-2H3. The van der Waals surface area contributed by atoms with Gasteiger partial charge in [-0.2, -0.15) is 0 Å². The fourth-order valence-corrected chi connectivity index (χ4v) is 1.41. The van der Waals surface area contributed by atoms with Crippen molar-refractivity contribution in [2.45, 2.75) is 26.7 Å². The van der Waals surface area contributed by atoms with Crippen molar-refractivity contribution in [1.82, 2.24) is 0 Å². The highest BCUT2D eigenvalue weighted by molar-refractivity contribution is 5.49. The molecule has 2 heteroatoms. The summed E-state index contributed by atoms with van der Waals surface area (Å²) in [6.07, 6.45) is 2.17. The van der Waals surface area contributed by atoms with Crippen LogP contribution in [0.3, 0.4) is 0 Å². The molecule has 0 amide bonds. The monoisotopic (exact) mass is 207 g/mol. The van der Waals surface area contributed by atoms with E-state index in [4.69, 9.17) is 4.74 Å². The number of ether oxygens (including phenoxy) is 1. The van der Waals surface area contributed by atoms with Gasteiger partial charge >= 0.3 is 0 Å². The summed E-state index contributed by atoms with van der Waals surface area (Å²) in [5.41, 5.74) is 2.53. The zero-order chi connectivity index (χ0) is 10.9. The summed E-state index contributed by atoms with van der Waals surface area (Å²) in [5.74, 6) is 0. The first kappa shape index (κ1) is 12.1. The second-order valence-corrected chi connectivity index (χ2v) is 3.71. The molecule has 1 N–H and O–H groups in total. The Hall–Kier alpha value is -1.02. The molecular weight excluding hydrogens is 186 g/mol. The minimum atomic E-state index is 0.854. The van der Waals surface area contributed by atoms with Crippen molar-refractivity contribution in [1.29, 1.82) is 0 Å². The predicted octanol–water partition coefficient (Wildman–Crippen LogP) is 3.22. The number of hydrogen-bond donors (Lipinski definition) is 1.